The van der Waals surface area contributed by atoms with Gasteiger partial charge in [0, 0.05) is 18.4 Å². The predicted molar refractivity (Wildman–Crippen MR) is 121 cm³/mol. The summed E-state index contributed by atoms with van der Waals surface area (Å²) in [5.74, 6) is -0.0598. The highest BCUT2D eigenvalue weighted by Gasteiger charge is 2.42. The molecule has 1 aliphatic rings. The maximum absolute atomic E-state index is 12.7. The Balaban J connectivity index is 2.17. The quantitative estimate of drug-likeness (QED) is 0.324. The number of methoxy groups -OCH3 is 1. The monoisotopic (exact) mass is 461 g/mol. The number of ether oxygens (including phenoxy) is 2. The zero-order valence-electron chi connectivity index (χ0n) is 18.2. The number of aldehydes is 1. The predicted octanol–water partition coefficient (Wildman–Crippen LogP) is 1.67. The number of benzene rings is 2. The number of hydrogen-bond acceptors (Lipinski definition) is 9. The second kappa shape index (κ2) is 9.17. The first-order valence-electron chi connectivity index (χ1n) is 10.0. The first-order chi connectivity index (χ1) is 15.1. The summed E-state index contributed by atoms with van der Waals surface area (Å²) in [4.78, 5) is 25.9. The minimum absolute atomic E-state index is 0.216. The van der Waals surface area contributed by atoms with Gasteiger partial charge >= 0.3 is 0 Å². The van der Waals surface area contributed by atoms with E-state index in [-0.39, 0.29) is 30.0 Å². The largest absolute Gasteiger partial charge is 0.493 e. The summed E-state index contributed by atoms with van der Waals surface area (Å²) in [7, 11) is -1.97. The lowest BCUT2D eigenvalue weighted by molar-refractivity contribution is -0.134. The number of nitrogen functional groups attached to an aromatic ring is 2. The van der Waals surface area contributed by atoms with E-state index in [0.717, 1.165) is 6.26 Å². The highest BCUT2D eigenvalue weighted by Crippen LogP contribution is 2.45. The second-order valence-electron chi connectivity index (χ2n) is 7.69. The van der Waals surface area contributed by atoms with E-state index in [0.29, 0.717) is 34.8 Å². The Bertz CT molecular complexity index is 1150. The van der Waals surface area contributed by atoms with Crippen LogP contribution >= 0.6 is 0 Å². The van der Waals surface area contributed by atoms with E-state index in [1.165, 1.54) is 7.11 Å². The van der Waals surface area contributed by atoms with E-state index in [2.05, 4.69) is 0 Å². The molecule has 2 atom stereocenters. The maximum atomic E-state index is 12.7. The summed E-state index contributed by atoms with van der Waals surface area (Å²) in [5.41, 5.74) is 14.4. The van der Waals surface area contributed by atoms with Gasteiger partial charge in [-0.1, -0.05) is 12.1 Å². The second-order valence-corrected chi connectivity index (χ2v) is 9.87. The fraction of sp³-hybridized carbons (Fsp3) is 0.364. The molecule has 0 saturated carbocycles. The van der Waals surface area contributed by atoms with E-state index in [1.807, 2.05) is 6.92 Å². The summed E-state index contributed by atoms with van der Waals surface area (Å²) in [6.45, 7) is 2.43. The molecule has 0 bridgehead atoms. The molecule has 2 aromatic rings. The Morgan fingerprint density at radius 2 is 1.97 bits per heavy atom. The van der Waals surface area contributed by atoms with Crippen LogP contribution in [0.1, 0.15) is 35.7 Å². The van der Waals surface area contributed by atoms with Gasteiger partial charge in [0.25, 0.3) is 0 Å². The van der Waals surface area contributed by atoms with Crippen LogP contribution in [0.15, 0.2) is 30.3 Å². The number of Topliss-reactive ketones (excluding diaryl/α,β-unsaturated/α-hetero) is 1. The maximum Gasteiger partial charge on any atom is 0.216 e. The zero-order valence-corrected chi connectivity index (χ0v) is 19.0. The third-order valence-corrected chi connectivity index (χ3v) is 6.41. The molecule has 2 unspecified atom stereocenters. The van der Waals surface area contributed by atoms with Crippen molar-refractivity contribution in [1.29, 1.82) is 0 Å². The van der Waals surface area contributed by atoms with Crippen molar-refractivity contribution in [3.63, 3.8) is 0 Å². The standard InChI is InChI=1S/C22H27N3O6S/c1-4-31-19-9-13(6-8-18(19)30-2)16(12-32(3,28)29)25-10-14-5-7-15(23)21(24)20(14)22(25)17(27)11-26/h5-9,11,16,22H,4,10,12,23-24H2,1-3H3. The Morgan fingerprint density at radius 1 is 1.25 bits per heavy atom. The van der Waals surface area contributed by atoms with E-state index in [9.17, 15) is 18.0 Å². The molecule has 9 nitrogen and oxygen atoms in total. The molecule has 0 fully saturated rings. The molecule has 2 aromatic carbocycles. The molecule has 0 aromatic heterocycles. The molecule has 3 rings (SSSR count). The minimum atomic E-state index is -3.48. The van der Waals surface area contributed by atoms with Crippen LogP contribution in [0.4, 0.5) is 11.4 Å². The van der Waals surface area contributed by atoms with Crippen molar-refractivity contribution in [2.75, 3.05) is 37.2 Å². The lowest BCUT2D eigenvalue weighted by Crippen LogP contribution is -2.36. The molecule has 32 heavy (non-hydrogen) atoms. The van der Waals surface area contributed by atoms with E-state index in [1.54, 1.807) is 35.2 Å². The topological polar surface area (TPSA) is 142 Å². The Labute approximate surface area is 187 Å². The summed E-state index contributed by atoms with van der Waals surface area (Å²) < 4.78 is 35.7. The van der Waals surface area contributed by atoms with Crippen molar-refractivity contribution in [2.45, 2.75) is 25.6 Å². The zero-order chi connectivity index (χ0) is 23.6. The Morgan fingerprint density at radius 3 is 2.56 bits per heavy atom. The van der Waals surface area contributed by atoms with Gasteiger partial charge in [-0.3, -0.25) is 14.5 Å². The summed E-state index contributed by atoms with van der Waals surface area (Å²) >= 11 is 0. The van der Waals surface area contributed by atoms with Gasteiger partial charge < -0.3 is 20.9 Å². The van der Waals surface area contributed by atoms with Crippen LogP contribution in [0.2, 0.25) is 0 Å². The summed E-state index contributed by atoms with van der Waals surface area (Å²) in [6.07, 6.45) is 1.35. The highest BCUT2D eigenvalue weighted by atomic mass is 32.2. The van der Waals surface area contributed by atoms with Gasteiger partial charge in [-0.15, -0.1) is 0 Å². The van der Waals surface area contributed by atoms with Crippen molar-refractivity contribution in [3.8, 4) is 11.5 Å². The molecule has 10 heteroatoms. The number of nitrogens with two attached hydrogens (primary N) is 2. The average Bonchev–Trinajstić information content (AvgIpc) is 3.13. The van der Waals surface area contributed by atoms with Crippen LogP contribution in [-0.2, 0) is 26.0 Å². The van der Waals surface area contributed by atoms with Crippen LogP contribution in [-0.4, -0.2) is 51.1 Å². The number of fused-ring (bicyclic) bond motifs is 1. The van der Waals surface area contributed by atoms with Crippen LogP contribution in [0.3, 0.4) is 0 Å². The molecular weight excluding hydrogens is 434 g/mol. The molecule has 0 spiro atoms. The van der Waals surface area contributed by atoms with E-state index in [4.69, 9.17) is 20.9 Å². The highest BCUT2D eigenvalue weighted by molar-refractivity contribution is 7.90. The van der Waals surface area contributed by atoms with Gasteiger partial charge in [-0.2, -0.15) is 0 Å². The first-order valence-corrected chi connectivity index (χ1v) is 12.1. The van der Waals surface area contributed by atoms with Gasteiger partial charge in [0.1, 0.15) is 15.9 Å². The minimum Gasteiger partial charge on any atom is -0.493 e. The third-order valence-electron chi connectivity index (χ3n) is 5.49. The smallest absolute Gasteiger partial charge is 0.216 e. The number of sulfone groups is 1. The average molecular weight is 462 g/mol. The van der Waals surface area contributed by atoms with Crippen LogP contribution < -0.4 is 20.9 Å². The van der Waals surface area contributed by atoms with Crippen molar-refractivity contribution >= 4 is 33.3 Å². The third kappa shape index (κ3) is 4.56. The molecule has 1 aliphatic heterocycles. The fourth-order valence-electron chi connectivity index (χ4n) is 4.11. The summed E-state index contributed by atoms with van der Waals surface area (Å²) in [6, 6.07) is 6.67. The van der Waals surface area contributed by atoms with Gasteiger partial charge in [-0.05, 0) is 36.2 Å². The molecule has 0 radical (unpaired) electrons. The molecule has 0 saturated heterocycles. The number of hydrogen-bond donors (Lipinski definition) is 2. The van der Waals surface area contributed by atoms with Gasteiger partial charge in [0.15, 0.2) is 17.8 Å². The number of rotatable bonds is 9. The molecular formula is C22H27N3O6S. The SMILES string of the molecule is CCOc1cc(C(CS(C)(=O)=O)N2Cc3ccc(N)c(N)c3C2C(=O)C=O)ccc1OC. The number of anilines is 2. The number of carbonyl (C=O) groups is 2. The van der Waals surface area contributed by atoms with Crippen molar-refractivity contribution in [1.82, 2.24) is 4.90 Å². The van der Waals surface area contributed by atoms with Gasteiger partial charge in [0.05, 0.1) is 36.9 Å². The van der Waals surface area contributed by atoms with Crippen molar-refractivity contribution in [2.24, 2.45) is 0 Å². The molecule has 1 heterocycles. The lowest BCUT2D eigenvalue weighted by Gasteiger charge is -2.32. The molecule has 0 amide bonds. The van der Waals surface area contributed by atoms with E-state index >= 15 is 0 Å². The fourth-order valence-corrected chi connectivity index (χ4v) is 5.07. The first kappa shape index (κ1) is 23.6. The lowest BCUT2D eigenvalue weighted by atomic mass is 9.97. The Hall–Kier alpha value is -3.11. The number of ketones is 1. The van der Waals surface area contributed by atoms with Crippen molar-refractivity contribution in [3.05, 3.63) is 47.0 Å². The number of nitrogens with zero attached hydrogens (tertiary/aromatic N) is 1. The van der Waals surface area contributed by atoms with Crippen LogP contribution in [0, 0.1) is 0 Å². The molecule has 0 aliphatic carbocycles. The molecule has 4 N–H and O–H groups in total. The van der Waals surface area contributed by atoms with Gasteiger partial charge in [-0.25, -0.2) is 8.42 Å². The van der Waals surface area contributed by atoms with E-state index < -0.39 is 27.7 Å². The summed E-state index contributed by atoms with van der Waals surface area (Å²) in [5, 5.41) is 0. The van der Waals surface area contributed by atoms with Crippen LogP contribution in [0.25, 0.3) is 0 Å². The Kier molecular flexibility index (Phi) is 6.75. The van der Waals surface area contributed by atoms with Crippen molar-refractivity contribution < 1.29 is 27.5 Å². The molecule has 172 valence electrons. The van der Waals surface area contributed by atoms with Crippen LogP contribution in [0.5, 0.6) is 11.5 Å². The van der Waals surface area contributed by atoms with Gasteiger partial charge in [0.2, 0.25) is 5.78 Å². The number of carbonyl (C=O) groups excluding carboxylic acids is 2. The normalized spacial score (nSPS) is 16.9.